The zero-order valence-electron chi connectivity index (χ0n) is 10.0. The predicted molar refractivity (Wildman–Crippen MR) is 70.5 cm³/mol. The van der Waals surface area contributed by atoms with E-state index in [9.17, 15) is 14.5 Å². The average Bonchev–Trinajstić information content (AvgIpc) is 2.42. The standard InChI is InChI=1S/C13H9ClFNO4/c14-11-3-1-10(6-12(11)15)20-9-2-4-13(16(18)19)8(5-9)7-17/h1-6,17H,7H2. The van der Waals surface area contributed by atoms with Crippen LogP contribution in [0.1, 0.15) is 5.56 Å². The Hall–Kier alpha value is -2.18. The van der Waals surface area contributed by atoms with Crippen LogP contribution >= 0.6 is 11.6 Å². The van der Waals surface area contributed by atoms with Gasteiger partial charge in [0.05, 0.1) is 22.1 Å². The van der Waals surface area contributed by atoms with Crippen LogP contribution in [0.3, 0.4) is 0 Å². The van der Waals surface area contributed by atoms with Crippen LogP contribution < -0.4 is 4.74 Å². The number of hydrogen-bond acceptors (Lipinski definition) is 4. The molecule has 0 amide bonds. The maximum atomic E-state index is 13.3. The van der Waals surface area contributed by atoms with E-state index < -0.39 is 17.3 Å². The second kappa shape index (κ2) is 5.85. The van der Waals surface area contributed by atoms with Gasteiger partial charge in [-0.3, -0.25) is 10.1 Å². The second-order valence-corrected chi connectivity index (χ2v) is 4.29. The number of nitro benzene ring substituents is 1. The Morgan fingerprint density at radius 2 is 1.90 bits per heavy atom. The number of nitro groups is 1. The lowest BCUT2D eigenvalue weighted by Gasteiger charge is -2.08. The third-order valence-corrected chi connectivity index (χ3v) is 2.85. The maximum Gasteiger partial charge on any atom is 0.275 e. The van der Waals surface area contributed by atoms with Gasteiger partial charge in [-0.25, -0.2) is 4.39 Å². The van der Waals surface area contributed by atoms with Crippen LogP contribution in [-0.4, -0.2) is 10.0 Å². The largest absolute Gasteiger partial charge is 0.457 e. The van der Waals surface area contributed by atoms with E-state index in [-0.39, 0.29) is 27.8 Å². The molecule has 7 heteroatoms. The van der Waals surface area contributed by atoms with E-state index in [4.69, 9.17) is 21.4 Å². The molecule has 0 bridgehead atoms. The van der Waals surface area contributed by atoms with Gasteiger partial charge >= 0.3 is 0 Å². The minimum absolute atomic E-state index is 0.0305. The molecule has 1 N–H and O–H groups in total. The highest BCUT2D eigenvalue weighted by atomic mass is 35.5. The SMILES string of the molecule is O=[N+]([O-])c1ccc(Oc2ccc(Cl)c(F)c2)cc1CO. The van der Waals surface area contributed by atoms with Gasteiger partial charge in [-0.1, -0.05) is 11.6 Å². The number of rotatable bonds is 4. The summed E-state index contributed by atoms with van der Waals surface area (Å²) in [5.74, 6) is -0.181. The molecule has 0 aliphatic rings. The zero-order valence-corrected chi connectivity index (χ0v) is 10.8. The Labute approximate surface area is 118 Å². The molecule has 0 spiro atoms. The third-order valence-electron chi connectivity index (χ3n) is 2.54. The van der Waals surface area contributed by atoms with E-state index >= 15 is 0 Å². The van der Waals surface area contributed by atoms with Crippen molar-refractivity contribution >= 4 is 17.3 Å². The fraction of sp³-hybridized carbons (Fsp3) is 0.0769. The Morgan fingerprint density at radius 1 is 1.25 bits per heavy atom. The van der Waals surface area contributed by atoms with Crippen molar-refractivity contribution in [2.75, 3.05) is 0 Å². The molecule has 2 aromatic carbocycles. The smallest absolute Gasteiger partial charge is 0.275 e. The Balaban J connectivity index is 2.29. The first-order valence-electron chi connectivity index (χ1n) is 5.52. The van der Waals surface area contributed by atoms with Gasteiger partial charge in [0, 0.05) is 12.1 Å². The van der Waals surface area contributed by atoms with E-state index in [0.717, 1.165) is 6.07 Å². The number of nitrogens with zero attached hydrogens (tertiary/aromatic N) is 1. The highest BCUT2D eigenvalue weighted by molar-refractivity contribution is 6.30. The molecular weight excluding hydrogens is 289 g/mol. The van der Waals surface area contributed by atoms with Crippen LogP contribution in [0.25, 0.3) is 0 Å². The van der Waals surface area contributed by atoms with E-state index in [0.29, 0.717) is 0 Å². The van der Waals surface area contributed by atoms with Gasteiger partial charge in [-0.05, 0) is 24.3 Å². The van der Waals surface area contributed by atoms with Crippen LogP contribution in [0, 0.1) is 15.9 Å². The summed E-state index contributed by atoms with van der Waals surface area (Å²) in [4.78, 5) is 10.1. The van der Waals surface area contributed by atoms with Crippen molar-refractivity contribution in [2.45, 2.75) is 6.61 Å². The molecule has 0 fully saturated rings. The van der Waals surface area contributed by atoms with Crippen LogP contribution in [0.2, 0.25) is 5.02 Å². The number of aliphatic hydroxyl groups excluding tert-OH is 1. The average molecular weight is 298 g/mol. The molecule has 104 valence electrons. The molecule has 0 radical (unpaired) electrons. The first-order chi connectivity index (χ1) is 9.51. The molecule has 0 heterocycles. The number of benzene rings is 2. The molecule has 0 unspecified atom stereocenters. The van der Waals surface area contributed by atoms with Gasteiger partial charge in [-0.2, -0.15) is 0 Å². The number of aliphatic hydroxyl groups is 1. The molecule has 0 atom stereocenters. The number of halogens is 2. The number of hydrogen-bond donors (Lipinski definition) is 1. The Bertz CT molecular complexity index is 663. The molecule has 20 heavy (non-hydrogen) atoms. The molecule has 5 nitrogen and oxygen atoms in total. The zero-order chi connectivity index (χ0) is 14.7. The van der Waals surface area contributed by atoms with Gasteiger partial charge in [0.2, 0.25) is 0 Å². The van der Waals surface area contributed by atoms with Crippen molar-refractivity contribution in [3.8, 4) is 11.5 Å². The normalized spacial score (nSPS) is 10.3. The Kier molecular flexibility index (Phi) is 4.16. The van der Waals surface area contributed by atoms with Gasteiger partial charge in [0.1, 0.15) is 17.3 Å². The number of ether oxygens (including phenoxy) is 1. The van der Waals surface area contributed by atoms with Crippen molar-refractivity contribution in [2.24, 2.45) is 0 Å². The molecule has 2 rings (SSSR count). The van der Waals surface area contributed by atoms with E-state index in [1.54, 1.807) is 0 Å². The molecule has 0 aromatic heterocycles. The van der Waals surface area contributed by atoms with Gasteiger partial charge in [0.15, 0.2) is 0 Å². The van der Waals surface area contributed by atoms with Crippen LogP contribution in [0.15, 0.2) is 36.4 Å². The summed E-state index contributed by atoms with van der Waals surface area (Å²) < 4.78 is 18.6. The van der Waals surface area contributed by atoms with Gasteiger partial charge in [-0.15, -0.1) is 0 Å². The lowest BCUT2D eigenvalue weighted by molar-refractivity contribution is -0.385. The summed E-state index contributed by atoms with van der Waals surface area (Å²) in [5, 5.41) is 19.8. The van der Waals surface area contributed by atoms with Crippen molar-refractivity contribution in [3.63, 3.8) is 0 Å². The maximum absolute atomic E-state index is 13.3. The molecule has 0 saturated carbocycles. The first-order valence-corrected chi connectivity index (χ1v) is 5.90. The second-order valence-electron chi connectivity index (χ2n) is 3.88. The molecule has 0 saturated heterocycles. The summed E-state index contributed by atoms with van der Waals surface area (Å²) in [6.07, 6.45) is 0. The minimum atomic E-state index is -0.631. The monoisotopic (exact) mass is 297 g/mol. The lowest BCUT2D eigenvalue weighted by Crippen LogP contribution is -1.96. The minimum Gasteiger partial charge on any atom is -0.457 e. The van der Waals surface area contributed by atoms with Crippen LogP contribution in [-0.2, 0) is 6.61 Å². The molecule has 2 aromatic rings. The van der Waals surface area contributed by atoms with Crippen molar-refractivity contribution in [1.82, 2.24) is 0 Å². The third kappa shape index (κ3) is 3.04. The van der Waals surface area contributed by atoms with Crippen molar-refractivity contribution < 1.29 is 19.2 Å². The van der Waals surface area contributed by atoms with E-state index in [2.05, 4.69) is 0 Å². The van der Waals surface area contributed by atoms with Crippen LogP contribution in [0.5, 0.6) is 11.5 Å². The highest BCUT2D eigenvalue weighted by Crippen LogP contribution is 2.29. The van der Waals surface area contributed by atoms with Crippen molar-refractivity contribution in [3.05, 3.63) is 62.9 Å². The summed E-state index contributed by atoms with van der Waals surface area (Å²) in [6, 6.07) is 7.81. The Morgan fingerprint density at radius 3 is 2.50 bits per heavy atom. The van der Waals surface area contributed by atoms with E-state index in [1.165, 1.54) is 30.3 Å². The lowest BCUT2D eigenvalue weighted by atomic mass is 10.2. The molecule has 0 aliphatic heterocycles. The quantitative estimate of drug-likeness (QED) is 0.690. The fourth-order valence-electron chi connectivity index (χ4n) is 1.61. The fourth-order valence-corrected chi connectivity index (χ4v) is 1.72. The highest BCUT2D eigenvalue weighted by Gasteiger charge is 2.14. The summed E-state index contributed by atoms with van der Waals surface area (Å²) >= 11 is 5.55. The first kappa shape index (κ1) is 14.2. The predicted octanol–water partition coefficient (Wildman–Crippen LogP) is 3.67. The van der Waals surface area contributed by atoms with E-state index in [1.807, 2.05) is 0 Å². The topological polar surface area (TPSA) is 72.6 Å². The summed E-state index contributed by atoms with van der Waals surface area (Å²) in [6.45, 7) is -0.498. The van der Waals surface area contributed by atoms with Crippen molar-refractivity contribution in [1.29, 1.82) is 0 Å². The van der Waals surface area contributed by atoms with Gasteiger partial charge in [0.25, 0.3) is 5.69 Å². The summed E-state index contributed by atoms with van der Waals surface area (Å²) in [5.41, 5.74) is -0.0935. The van der Waals surface area contributed by atoms with Crippen LogP contribution in [0.4, 0.5) is 10.1 Å². The molecule has 0 aliphatic carbocycles. The molecular formula is C13H9ClFNO4. The summed E-state index contributed by atoms with van der Waals surface area (Å²) in [7, 11) is 0. The van der Waals surface area contributed by atoms with Gasteiger partial charge < -0.3 is 9.84 Å².